The summed E-state index contributed by atoms with van der Waals surface area (Å²) >= 11 is 0. The summed E-state index contributed by atoms with van der Waals surface area (Å²) in [6.45, 7) is 0.377. The van der Waals surface area contributed by atoms with Crippen molar-refractivity contribution in [1.82, 2.24) is 15.0 Å². The van der Waals surface area contributed by atoms with E-state index in [0.717, 1.165) is 17.8 Å². The molecule has 158 valence electrons. The summed E-state index contributed by atoms with van der Waals surface area (Å²) in [5, 5.41) is 31.8. The van der Waals surface area contributed by atoms with Gasteiger partial charge in [-0.05, 0) is 53.9 Å². The third-order valence-electron chi connectivity index (χ3n) is 4.37. The highest BCUT2D eigenvalue weighted by Gasteiger charge is 2.33. The minimum atomic E-state index is -4.58. The Balaban J connectivity index is 1.95. The summed E-state index contributed by atoms with van der Waals surface area (Å²) in [5.41, 5.74) is -0.306. The number of anilines is 2. The van der Waals surface area contributed by atoms with Crippen molar-refractivity contribution in [2.24, 2.45) is 0 Å². The molecule has 2 heterocycles. The monoisotopic (exact) mass is 420 g/mol. The van der Waals surface area contributed by atoms with Crippen LogP contribution in [0.25, 0.3) is 11.1 Å². The molecule has 0 atom stereocenters. The molecule has 3 rings (SSSR count). The van der Waals surface area contributed by atoms with E-state index in [4.69, 9.17) is 0 Å². The molecule has 0 saturated carbocycles. The standard InChI is InChI=1S/C20H19F3N4O3/c1-12-6-14(13-2-4-24-17(9-13)19(30,10-28)11-29)8-15(7-12)26-18-25-5-3-16(27-18)20(21,22)23/h2-9,28-30H,10-11H2,1H3,(H,25,26,27). The van der Waals surface area contributed by atoms with Crippen LogP contribution in [0.1, 0.15) is 17.0 Å². The normalized spacial score (nSPS) is 12.1. The van der Waals surface area contributed by atoms with Gasteiger partial charge in [-0.1, -0.05) is 6.07 Å². The first-order valence-electron chi connectivity index (χ1n) is 8.84. The Morgan fingerprint density at radius 2 is 1.60 bits per heavy atom. The molecule has 10 heteroatoms. The van der Waals surface area contributed by atoms with Crippen molar-refractivity contribution in [3.8, 4) is 11.1 Å². The minimum absolute atomic E-state index is 0.0854. The third-order valence-corrected chi connectivity index (χ3v) is 4.37. The number of hydrogen-bond donors (Lipinski definition) is 4. The molecule has 1 aromatic carbocycles. The lowest BCUT2D eigenvalue weighted by atomic mass is 9.96. The largest absolute Gasteiger partial charge is 0.433 e. The second-order valence-corrected chi connectivity index (χ2v) is 6.75. The SMILES string of the molecule is Cc1cc(Nc2nccc(C(F)(F)F)n2)cc(-c2ccnc(C(O)(CO)CO)c2)c1. The van der Waals surface area contributed by atoms with Crippen LogP contribution >= 0.6 is 0 Å². The lowest BCUT2D eigenvalue weighted by Gasteiger charge is -2.23. The van der Waals surface area contributed by atoms with Crippen LogP contribution in [0.5, 0.6) is 0 Å². The molecule has 0 amide bonds. The van der Waals surface area contributed by atoms with E-state index in [0.29, 0.717) is 16.8 Å². The van der Waals surface area contributed by atoms with Crippen molar-refractivity contribution >= 4 is 11.6 Å². The number of aromatic nitrogens is 3. The maximum atomic E-state index is 12.9. The molecule has 30 heavy (non-hydrogen) atoms. The zero-order valence-electron chi connectivity index (χ0n) is 15.9. The maximum absolute atomic E-state index is 12.9. The molecule has 2 aromatic heterocycles. The summed E-state index contributed by atoms with van der Waals surface area (Å²) in [4.78, 5) is 11.3. The highest BCUT2D eigenvalue weighted by molar-refractivity contribution is 5.71. The summed E-state index contributed by atoms with van der Waals surface area (Å²) < 4.78 is 38.6. The van der Waals surface area contributed by atoms with E-state index in [1.807, 2.05) is 13.0 Å². The van der Waals surface area contributed by atoms with Crippen LogP contribution in [0.15, 0.2) is 48.8 Å². The number of benzene rings is 1. The fourth-order valence-corrected chi connectivity index (χ4v) is 2.80. The molecule has 0 aliphatic carbocycles. The molecule has 7 nitrogen and oxygen atoms in total. The maximum Gasteiger partial charge on any atom is 0.433 e. The van der Waals surface area contributed by atoms with Gasteiger partial charge in [0.05, 0.1) is 18.9 Å². The molecule has 0 aliphatic rings. The number of pyridine rings is 1. The zero-order valence-corrected chi connectivity index (χ0v) is 15.9. The van der Waals surface area contributed by atoms with Crippen LogP contribution in [0, 0.1) is 6.92 Å². The van der Waals surface area contributed by atoms with Crippen molar-refractivity contribution in [3.63, 3.8) is 0 Å². The van der Waals surface area contributed by atoms with E-state index in [2.05, 4.69) is 20.3 Å². The molecule has 0 saturated heterocycles. The van der Waals surface area contributed by atoms with Crippen molar-refractivity contribution < 1.29 is 28.5 Å². The van der Waals surface area contributed by atoms with Gasteiger partial charge in [0.2, 0.25) is 5.95 Å². The predicted molar refractivity (Wildman–Crippen MR) is 103 cm³/mol. The highest BCUT2D eigenvalue weighted by atomic mass is 19.4. The van der Waals surface area contributed by atoms with Gasteiger partial charge in [-0.3, -0.25) is 4.98 Å². The summed E-state index contributed by atoms with van der Waals surface area (Å²) in [6.07, 6.45) is -2.14. The van der Waals surface area contributed by atoms with Crippen LogP contribution < -0.4 is 5.32 Å². The van der Waals surface area contributed by atoms with Gasteiger partial charge in [0, 0.05) is 18.1 Å². The smallest absolute Gasteiger partial charge is 0.393 e. The Labute approximate surface area is 169 Å². The molecule has 0 spiro atoms. The number of hydrogen-bond acceptors (Lipinski definition) is 7. The second-order valence-electron chi connectivity index (χ2n) is 6.75. The fourth-order valence-electron chi connectivity index (χ4n) is 2.80. The quantitative estimate of drug-likeness (QED) is 0.485. The number of nitrogens with zero attached hydrogens (tertiary/aromatic N) is 3. The minimum Gasteiger partial charge on any atom is -0.393 e. The lowest BCUT2D eigenvalue weighted by molar-refractivity contribution is -0.141. The van der Waals surface area contributed by atoms with Gasteiger partial charge < -0.3 is 20.6 Å². The number of aliphatic hydroxyl groups is 3. The average Bonchev–Trinajstić information content (AvgIpc) is 2.72. The summed E-state index contributed by atoms with van der Waals surface area (Å²) in [6, 6.07) is 9.19. The van der Waals surface area contributed by atoms with Crippen molar-refractivity contribution in [2.45, 2.75) is 18.7 Å². The lowest BCUT2D eigenvalue weighted by Crippen LogP contribution is -2.35. The Morgan fingerprint density at radius 3 is 2.27 bits per heavy atom. The first kappa shape index (κ1) is 21.6. The Morgan fingerprint density at radius 1 is 0.900 bits per heavy atom. The molecule has 3 aromatic rings. The van der Waals surface area contributed by atoms with E-state index in [1.54, 1.807) is 18.2 Å². The Kier molecular flexibility index (Phi) is 6.01. The van der Waals surface area contributed by atoms with E-state index < -0.39 is 30.7 Å². The highest BCUT2D eigenvalue weighted by Crippen LogP contribution is 2.30. The van der Waals surface area contributed by atoms with Gasteiger partial charge in [-0.15, -0.1) is 0 Å². The van der Waals surface area contributed by atoms with Gasteiger partial charge in [-0.2, -0.15) is 13.2 Å². The summed E-state index contributed by atoms with van der Waals surface area (Å²) in [5.74, 6) is -0.202. The molecule has 0 unspecified atom stereocenters. The van der Waals surface area contributed by atoms with Gasteiger partial charge >= 0.3 is 6.18 Å². The van der Waals surface area contributed by atoms with Crippen molar-refractivity contribution in [1.29, 1.82) is 0 Å². The first-order chi connectivity index (χ1) is 14.1. The van der Waals surface area contributed by atoms with Gasteiger partial charge in [0.25, 0.3) is 0 Å². The third kappa shape index (κ3) is 4.73. The van der Waals surface area contributed by atoms with E-state index in [-0.39, 0.29) is 11.6 Å². The van der Waals surface area contributed by atoms with E-state index in [1.165, 1.54) is 12.3 Å². The van der Waals surface area contributed by atoms with Crippen molar-refractivity contribution in [2.75, 3.05) is 18.5 Å². The number of halogens is 3. The first-order valence-corrected chi connectivity index (χ1v) is 8.84. The summed E-state index contributed by atoms with van der Waals surface area (Å²) in [7, 11) is 0. The van der Waals surface area contributed by atoms with E-state index in [9.17, 15) is 28.5 Å². The predicted octanol–water partition coefficient (Wildman–Crippen LogP) is 2.78. The van der Waals surface area contributed by atoms with Gasteiger partial charge in [0.1, 0.15) is 5.69 Å². The molecule has 0 fully saturated rings. The molecule has 0 aliphatic heterocycles. The molecular weight excluding hydrogens is 401 g/mol. The average molecular weight is 420 g/mol. The number of aliphatic hydroxyl groups excluding tert-OH is 2. The van der Waals surface area contributed by atoms with Crippen LogP contribution in [0.3, 0.4) is 0 Å². The van der Waals surface area contributed by atoms with Crippen molar-refractivity contribution in [3.05, 3.63) is 65.7 Å². The Hall–Kier alpha value is -3.08. The zero-order chi connectivity index (χ0) is 21.9. The van der Waals surface area contributed by atoms with Crippen LogP contribution in [0.4, 0.5) is 24.8 Å². The van der Waals surface area contributed by atoms with Crippen LogP contribution in [-0.2, 0) is 11.8 Å². The molecular formula is C20H19F3N4O3. The van der Waals surface area contributed by atoms with E-state index >= 15 is 0 Å². The molecule has 4 N–H and O–H groups in total. The fraction of sp³-hybridized carbons (Fsp3) is 0.250. The van der Waals surface area contributed by atoms with Gasteiger partial charge in [-0.25, -0.2) is 9.97 Å². The Bertz CT molecular complexity index is 1040. The topological polar surface area (TPSA) is 111 Å². The van der Waals surface area contributed by atoms with Gasteiger partial charge in [0.15, 0.2) is 5.60 Å². The van der Waals surface area contributed by atoms with Crippen LogP contribution in [-0.4, -0.2) is 43.5 Å². The van der Waals surface area contributed by atoms with Crippen LogP contribution in [0.2, 0.25) is 0 Å². The molecule has 0 radical (unpaired) electrons. The molecule has 0 bridgehead atoms. The number of alkyl halides is 3. The number of nitrogens with one attached hydrogen (secondary N) is 1. The number of aryl methyl sites for hydroxylation is 1. The second kappa shape index (κ2) is 8.34. The number of rotatable bonds is 6.